The van der Waals surface area contributed by atoms with Gasteiger partial charge in [0.25, 0.3) is 12.0 Å². The summed E-state index contributed by atoms with van der Waals surface area (Å²) < 4.78 is 18.7. The fourth-order valence-electron chi connectivity index (χ4n) is 3.02. The lowest BCUT2D eigenvalue weighted by Crippen LogP contribution is -2.54. The number of likely N-dealkylation sites (N-methyl/N-ethyl adjacent to an activating group) is 1. The number of hydrogen-bond donors (Lipinski definition) is 2. The molecule has 0 spiro atoms. The second-order valence-electron chi connectivity index (χ2n) is 5.81. The molecule has 0 radical (unpaired) electrons. The number of likely N-dealkylation sites (tertiary alicyclic amines) is 1. The Labute approximate surface area is 137 Å². The first-order valence-electron chi connectivity index (χ1n) is 8.58. The minimum absolute atomic E-state index is 0.00445. The third-order valence-corrected chi connectivity index (χ3v) is 4.41. The second kappa shape index (κ2) is 6.24. The number of aromatic amines is 2. The van der Waals surface area contributed by atoms with Crippen LogP contribution < -0.4 is 10.1 Å². The largest absolute Gasteiger partial charge is 0.346 e. The van der Waals surface area contributed by atoms with Crippen molar-refractivity contribution in [2.45, 2.75) is 19.4 Å². The van der Waals surface area contributed by atoms with Crippen molar-refractivity contribution in [2.24, 2.45) is 5.92 Å². The van der Waals surface area contributed by atoms with E-state index in [1.165, 1.54) is 0 Å². The summed E-state index contributed by atoms with van der Waals surface area (Å²) in [4.78, 5) is 26.9. The van der Waals surface area contributed by atoms with Crippen LogP contribution in [0.25, 0.3) is 15.9 Å². The summed E-state index contributed by atoms with van der Waals surface area (Å²) in [6.07, 6.45) is 2.44. The second-order valence-corrected chi connectivity index (χ2v) is 5.81. The molecule has 7 heteroatoms. The summed E-state index contributed by atoms with van der Waals surface area (Å²) >= 11 is 0. The van der Waals surface area contributed by atoms with Gasteiger partial charge in [-0.1, -0.05) is 6.92 Å². The van der Waals surface area contributed by atoms with Crippen LogP contribution >= 0.6 is 0 Å². The Balaban J connectivity index is 2.12. The van der Waals surface area contributed by atoms with Crippen LogP contribution in [0.3, 0.4) is 0 Å². The molecule has 1 saturated heterocycles. The average molecular weight is 315 g/mol. The molecule has 7 nitrogen and oxygen atoms in total. The van der Waals surface area contributed by atoms with Crippen molar-refractivity contribution in [3.05, 3.63) is 35.5 Å². The molecule has 120 valence electrons. The molecule has 0 aliphatic carbocycles. The van der Waals surface area contributed by atoms with E-state index >= 15 is 0 Å². The number of fused-ring (bicyclic) bond motifs is 1. The molecule has 2 aromatic heterocycles. The SMILES string of the molecule is [2H]c1nc2[nH]ccc2c(=[N+](C)[C@@]2([2H])CN(C(=O)C[N+]#[C-])CC[C@H]2C)[nH]1. The van der Waals surface area contributed by atoms with Crippen LogP contribution in [0.4, 0.5) is 0 Å². The van der Waals surface area contributed by atoms with Gasteiger partial charge >= 0.3 is 5.91 Å². The van der Waals surface area contributed by atoms with Crippen molar-refractivity contribution in [1.29, 1.82) is 0 Å². The van der Waals surface area contributed by atoms with E-state index in [-0.39, 0.29) is 31.2 Å². The van der Waals surface area contributed by atoms with E-state index < -0.39 is 6.02 Å². The Hall–Kier alpha value is -2.62. The van der Waals surface area contributed by atoms with E-state index in [9.17, 15) is 4.79 Å². The number of piperidine rings is 1. The number of H-pyrrole nitrogens is 2. The summed E-state index contributed by atoms with van der Waals surface area (Å²) in [5, 5.41) is 0.793. The van der Waals surface area contributed by atoms with Crippen molar-refractivity contribution in [2.75, 3.05) is 26.7 Å². The Bertz CT molecular complexity index is 927. The average Bonchev–Trinajstić information content (AvgIpc) is 3.04. The molecular weight excluding hydrogens is 292 g/mol. The van der Waals surface area contributed by atoms with E-state index in [0.717, 1.165) is 5.39 Å². The summed E-state index contributed by atoms with van der Waals surface area (Å²) in [5.41, 5.74) is 1.20. The fourth-order valence-corrected chi connectivity index (χ4v) is 3.02. The van der Waals surface area contributed by atoms with Crippen LogP contribution in [0.2, 0.25) is 0 Å². The molecule has 1 fully saturated rings. The van der Waals surface area contributed by atoms with Crippen LogP contribution in [0.5, 0.6) is 0 Å². The Morgan fingerprint density at radius 1 is 1.70 bits per heavy atom. The first-order chi connectivity index (χ1) is 11.9. The molecule has 1 aliphatic heterocycles. The van der Waals surface area contributed by atoms with Crippen LogP contribution in [-0.4, -0.2) is 58.5 Å². The topological polar surface area (TPSA) is 72.2 Å². The molecule has 0 unspecified atom stereocenters. The first kappa shape index (κ1) is 12.9. The van der Waals surface area contributed by atoms with Crippen LogP contribution in [0.15, 0.2) is 18.6 Å². The van der Waals surface area contributed by atoms with Crippen molar-refractivity contribution >= 4 is 16.9 Å². The molecular formula is C16H21N6O+. The van der Waals surface area contributed by atoms with Gasteiger partial charge in [0.05, 0.1) is 15.0 Å². The lowest BCUT2D eigenvalue weighted by molar-refractivity contribution is -0.131. The lowest BCUT2D eigenvalue weighted by atomic mass is 9.93. The van der Waals surface area contributed by atoms with Gasteiger partial charge < -0.3 is 14.7 Å². The predicted octanol–water partition coefficient (Wildman–Crippen LogP) is 0.449. The first-order valence-corrected chi connectivity index (χ1v) is 7.58. The van der Waals surface area contributed by atoms with Crippen molar-refractivity contribution in [3.63, 3.8) is 0 Å². The van der Waals surface area contributed by atoms with Gasteiger partial charge in [0, 0.05) is 12.7 Å². The van der Waals surface area contributed by atoms with Gasteiger partial charge in [-0.05, 0) is 18.4 Å². The van der Waals surface area contributed by atoms with Gasteiger partial charge in [-0.2, -0.15) is 4.98 Å². The summed E-state index contributed by atoms with van der Waals surface area (Å²) in [6.45, 7) is 9.48. The maximum atomic E-state index is 12.1. The van der Waals surface area contributed by atoms with E-state index in [2.05, 4.69) is 19.8 Å². The van der Waals surface area contributed by atoms with Crippen LogP contribution in [0, 0.1) is 12.5 Å². The molecule has 0 bridgehead atoms. The molecule has 1 aliphatic rings. The molecule has 3 rings (SSSR count). The Morgan fingerprint density at radius 3 is 3.30 bits per heavy atom. The van der Waals surface area contributed by atoms with Crippen LogP contribution in [-0.2, 0) is 4.79 Å². The van der Waals surface area contributed by atoms with Gasteiger partial charge in [-0.3, -0.25) is 9.37 Å². The van der Waals surface area contributed by atoms with E-state index in [1.54, 1.807) is 22.7 Å². The molecule has 2 atom stereocenters. The van der Waals surface area contributed by atoms with Crippen LogP contribution in [0.1, 0.15) is 16.1 Å². The standard InChI is InChI=1S/C16H20N6O/c1-11-5-7-22(14(23)8-17-2)9-13(11)21(3)16-12-4-6-18-15(12)19-10-20-16/h4,6,10-11,13H,5,7-9H2,1,3H3,(H,18,19,20)/p+1/t11-,13+/m1/s1/i10D,13D. The summed E-state index contributed by atoms with van der Waals surface area (Å²) in [7, 11) is 1.80. The van der Waals surface area contributed by atoms with E-state index in [0.29, 0.717) is 24.1 Å². The highest BCUT2D eigenvalue weighted by Gasteiger charge is 2.33. The highest BCUT2D eigenvalue weighted by Crippen LogP contribution is 2.18. The molecule has 3 heterocycles. The van der Waals surface area contributed by atoms with Crippen molar-refractivity contribution < 1.29 is 7.54 Å². The lowest BCUT2D eigenvalue weighted by Gasteiger charge is -2.35. The smallest absolute Gasteiger partial charge is 0.302 e. The third kappa shape index (κ3) is 2.84. The zero-order valence-electron chi connectivity index (χ0n) is 15.3. The third-order valence-electron chi connectivity index (χ3n) is 4.41. The number of carbonyl (C=O) groups is 1. The quantitative estimate of drug-likeness (QED) is 0.624. The number of rotatable bonds is 2. The van der Waals surface area contributed by atoms with Gasteiger partial charge in [0.2, 0.25) is 0 Å². The maximum Gasteiger partial charge on any atom is 0.302 e. The number of amides is 1. The zero-order chi connectivity index (χ0) is 18.2. The van der Waals surface area contributed by atoms with E-state index in [4.69, 9.17) is 9.31 Å². The molecule has 23 heavy (non-hydrogen) atoms. The molecule has 1 amide bonds. The number of hydrogen-bond acceptors (Lipinski definition) is 2. The minimum Gasteiger partial charge on any atom is -0.346 e. The number of nitrogens with zero attached hydrogens (tertiary/aromatic N) is 4. The minimum atomic E-state index is -1.07. The maximum absolute atomic E-state index is 12.1. The van der Waals surface area contributed by atoms with Gasteiger partial charge in [-0.25, -0.2) is 11.6 Å². The predicted molar refractivity (Wildman–Crippen MR) is 87.3 cm³/mol. The number of nitrogens with one attached hydrogen (secondary N) is 2. The zero-order valence-corrected chi connectivity index (χ0v) is 13.3. The molecule has 2 aromatic rings. The number of aromatic nitrogens is 3. The summed E-state index contributed by atoms with van der Waals surface area (Å²) in [6, 6.07) is 0.785. The van der Waals surface area contributed by atoms with E-state index in [1.807, 2.05) is 13.0 Å². The highest BCUT2D eigenvalue weighted by atomic mass is 16.2. The highest BCUT2D eigenvalue weighted by molar-refractivity contribution is 5.79. The van der Waals surface area contributed by atoms with Gasteiger partial charge in [0.1, 0.15) is 18.4 Å². The Kier molecular flexibility index (Phi) is 3.50. The van der Waals surface area contributed by atoms with Crippen molar-refractivity contribution in [3.8, 4) is 0 Å². The molecule has 0 saturated carbocycles. The molecule has 0 aromatic carbocycles. The Morgan fingerprint density at radius 2 is 2.52 bits per heavy atom. The molecule has 2 N–H and O–H groups in total. The number of carbonyl (C=O) groups excluding carboxylic acids is 1. The normalized spacial score (nSPS) is 27.2. The van der Waals surface area contributed by atoms with Gasteiger partial charge in [0.15, 0.2) is 6.30 Å². The fraction of sp³-hybridized carbons (Fsp3) is 0.500. The van der Waals surface area contributed by atoms with Crippen molar-refractivity contribution in [1.82, 2.24) is 24.4 Å². The van der Waals surface area contributed by atoms with Gasteiger partial charge in [-0.15, -0.1) is 0 Å². The summed E-state index contributed by atoms with van der Waals surface area (Å²) in [5.74, 6) is -0.224. The monoisotopic (exact) mass is 315 g/mol.